The molecule has 0 radical (unpaired) electrons. The summed E-state index contributed by atoms with van der Waals surface area (Å²) in [5.74, 6) is -0.739. The molecule has 1 aromatic carbocycles. The number of nitrogens with one attached hydrogen (secondary N) is 2. The van der Waals surface area contributed by atoms with Crippen LogP contribution < -0.4 is 20.2 Å². The Morgan fingerprint density at radius 2 is 2.23 bits per heavy atom. The first-order chi connectivity index (χ1) is 12.5. The van der Waals surface area contributed by atoms with E-state index in [-0.39, 0.29) is 6.10 Å². The second-order valence-corrected chi connectivity index (χ2v) is 5.92. The van der Waals surface area contributed by atoms with Crippen molar-refractivity contribution in [2.45, 2.75) is 25.9 Å². The minimum absolute atomic E-state index is 0.0336. The minimum atomic E-state index is -0.858. The van der Waals surface area contributed by atoms with Gasteiger partial charge in [-0.05, 0) is 37.5 Å². The van der Waals surface area contributed by atoms with Crippen LogP contribution in [0.3, 0.4) is 0 Å². The summed E-state index contributed by atoms with van der Waals surface area (Å²) in [6.45, 7) is 3.27. The summed E-state index contributed by atoms with van der Waals surface area (Å²) in [7, 11) is 1.49. The number of hydrogen-bond donors (Lipinski definition) is 2. The summed E-state index contributed by atoms with van der Waals surface area (Å²) in [4.78, 5) is 23.4. The molecule has 1 fully saturated rings. The van der Waals surface area contributed by atoms with Gasteiger partial charge in [-0.3, -0.25) is 9.59 Å². The van der Waals surface area contributed by atoms with Crippen molar-refractivity contribution in [2.75, 3.05) is 26.9 Å². The van der Waals surface area contributed by atoms with Crippen LogP contribution in [0.4, 0.5) is 0 Å². The fraction of sp³-hybridized carbons (Fsp3) is 0.471. The van der Waals surface area contributed by atoms with Crippen molar-refractivity contribution in [2.24, 2.45) is 5.10 Å². The molecule has 9 heteroatoms. The molecule has 0 aromatic heterocycles. The second-order valence-electron chi connectivity index (χ2n) is 5.51. The number of ether oxygens (including phenoxy) is 3. The van der Waals surface area contributed by atoms with E-state index >= 15 is 0 Å². The number of halogens is 1. The number of methoxy groups -OCH3 is 1. The smallest absolute Gasteiger partial charge is 0.329 e. The van der Waals surface area contributed by atoms with Gasteiger partial charge in [0, 0.05) is 13.2 Å². The zero-order chi connectivity index (χ0) is 18.9. The van der Waals surface area contributed by atoms with Crippen LogP contribution in [0.5, 0.6) is 11.5 Å². The summed E-state index contributed by atoms with van der Waals surface area (Å²) in [6, 6.07) is 3.28. The maximum Gasteiger partial charge on any atom is 0.329 e. The summed E-state index contributed by atoms with van der Waals surface area (Å²) >= 11 is 6.14. The van der Waals surface area contributed by atoms with Crippen LogP contribution in [0.2, 0.25) is 5.02 Å². The van der Waals surface area contributed by atoms with E-state index in [1.54, 1.807) is 12.1 Å². The lowest BCUT2D eigenvalue weighted by Gasteiger charge is -2.11. The molecular weight excluding hydrogens is 362 g/mol. The standard InChI is InChI=1S/C17H22ClN3O5/c1-3-25-14-8-11(7-13(18)15(14)24-2)9-20-21-17(23)16(22)19-10-12-5-4-6-26-12/h7-9,12H,3-6,10H2,1-2H3,(H,19,22)(H,21,23)/b20-9-/t12-/m1/s1. The van der Waals surface area contributed by atoms with Crippen LogP contribution in [0.25, 0.3) is 0 Å². The van der Waals surface area contributed by atoms with Gasteiger partial charge in [-0.2, -0.15) is 5.10 Å². The number of hydrazone groups is 1. The molecule has 0 aliphatic carbocycles. The molecule has 0 spiro atoms. The topological polar surface area (TPSA) is 98.2 Å². The highest BCUT2D eigenvalue weighted by atomic mass is 35.5. The number of carbonyl (C=O) groups excluding carboxylic acids is 2. The van der Waals surface area contributed by atoms with Crippen molar-refractivity contribution in [1.82, 2.24) is 10.7 Å². The third-order valence-corrected chi connectivity index (χ3v) is 3.92. The second kappa shape index (κ2) is 9.98. The van der Waals surface area contributed by atoms with E-state index in [4.69, 9.17) is 25.8 Å². The molecule has 1 aromatic rings. The average Bonchev–Trinajstić information content (AvgIpc) is 3.13. The quantitative estimate of drug-likeness (QED) is 0.422. The van der Waals surface area contributed by atoms with Crippen molar-refractivity contribution >= 4 is 29.6 Å². The molecule has 0 unspecified atom stereocenters. The molecule has 1 heterocycles. The zero-order valence-corrected chi connectivity index (χ0v) is 15.5. The van der Waals surface area contributed by atoms with Crippen LogP contribution in [-0.2, 0) is 14.3 Å². The summed E-state index contributed by atoms with van der Waals surface area (Å²) in [5.41, 5.74) is 2.75. The third kappa shape index (κ3) is 5.60. The summed E-state index contributed by atoms with van der Waals surface area (Å²) in [5, 5.41) is 6.63. The number of rotatable bonds is 7. The molecular formula is C17H22ClN3O5. The molecule has 1 aliphatic rings. The highest BCUT2D eigenvalue weighted by Crippen LogP contribution is 2.35. The molecule has 2 amide bonds. The van der Waals surface area contributed by atoms with E-state index in [0.29, 0.717) is 41.8 Å². The van der Waals surface area contributed by atoms with E-state index in [9.17, 15) is 9.59 Å². The van der Waals surface area contributed by atoms with Crippen molar-refractivity contribution in [3.63, 3.8) is 0 Å². The van der Waals surface area contributed by atoms with Crippen LogP contribution in [0.1, 0.15) is 25.3 Å². The van der Waals surface area contributed by atoms with Crippen molar-refractivity contribution < 1.29 is 23.8 Å². The Labute approximate surface area is 156 Å². The van der Waals surface area contributed by atoms with E-state index in [0.717, 1.165) is 12.8 Å². The fourth-order valence-corrected chi connectivity index (χ4v) is 2.73. The first kappa shape index (κ1) is 20.0. The molecule has 2 rings (SSSR count). The molecule has 1 atom stereocenters. The maximum atomic E-state index is 11.7. The maximum absolute atomic E-state index is 11.7. The Bertz CT molecular complexity index is 675. The lowest BCUT2D eigenvalue weighted by molar-refractivity contribution is -0.139. The van der Waals surface area contributed by atoms with Crippen LogP contribution >= 0.6 is 11.6 Å². The molecule has 142 valence electrons. The molecule has 0 bridgehead atoms. The highest BCUT2D eigenvalue weighted by Gasteiger charge is 2.19. The zero-order valence-electron chi connectivity index (χ0n) is 14.7. The molecule has 2 N–H and O–H groups in total. The van der Waals surface area contributed by atoms with Crippen LogP contribution in [0.15, 0.2) is 17.2 Å². The first-order valence-corrected chi connectivity index (χ1v) is 8.66. The lowest BCUT2D eigenvalue weighted by Crippen LogP contribution is -2.41. The third-order valence-electron chi connectivity index (χ3n) is 3.64. The minimum Gasteiger partial charge on any atom is -0.491 e. The van der Waals surface area contributed by atoms with Gasteiger partial charge < -0.3 is 19.5 Å². The van der Waals surface area contributed by atoms with Gasteiger partial charge in [-0.25, -0.2) is 5.43 Å². The Morgan fingerprint density at radius 3 is 2.88 bits per heavy atom. The van der Waals surface area contributed by atoms with Crippen LogP contribution in [0, 0.1) is 0 Å². The highest BCUT2D eigenvalue weighted by molar-refractivity contribution is 6.35. The van der Waals surface area contributed by atoms with Gasteiger partial charge in [-0.1, -0.05) is 11.6 Å². The number of carbonyl (C=O) groups is 2. The SMILES string of the molecule is CCOc1cc(/C=N\NC(=O)C(=O)NC[C@H]2CCCO2)cc(Cl)c1OC. The normalized spacial score (nSPS) is 16.5. The van der Waals surface area contributed by atoms with Crippen LogP contribution in [-0.4, -0.2) is 51.0 Å². The number of nitrogens with zero attached hydrogens (tertiary/aromatic N) is 1. The van der Waals surface area contributed by atoms with Gasteiger partial charge in [0.15, 0.2) is 11.5 Å². The molecule has 1 saturated heterocycles. The van der Waals surface area contributed by atoms with E-state index in [1.165, 1.54) is 13.3 Å². The van der Waals surface area contributed by atoms with Gasteiger partial charge in [0.1, 0.15) is 0 Å². The predicted molar refractivity (Wildman–Crippen MR) is 96.9 cm³/mol. The number of amides is 2. The Balaban J connectivity index is 1.90. The Hall–Kier alpha value is -2.32. The van der Waals surface area contributed by atoms with E-state index in [2.05, 4.69) is 15.8 Å². The van der Waals surface area contributed by atoms with Gasteiger partial charge in [-0.15, -0.1) is 0 Å². The fourth-order valence-electron chi connectivity index (χ4n) is 2.43. The van der Waals surface area contributed by atoms with Crippen molar-refractivity contribution in [3.05, 3.63) is 22.7 Å². The van der Waals surface area contributed by atoms with Gasteiger partial charge in [0.05, 0.1) is 31.1 Å². The van der Waals surface area contributed by atoms with Gasteiger partial charge in [0.2, 0.25) is 0 Å². The Morgan fingerprint density at radius 1 is 1.42 bits per heavy atom. The lowest BCUT2D eigenvalue weighted by atomic mass is 10.2. The molecule has 26 heavy (non-hydrogen) atoms. The Kier molecular flexibility index (Phi) is 7.68. The number of hydrogen-bond acceptors (Lipinski definition) is 6. The summed E-state index contributed by atoms with van der Waals surface area (Å²) < 4.78 is 16.0. The van der Waals surface area contributed by atoms with Gasteiger partial charge in [0.25, 0.3) is 0 Å². The molecule has 8 nitrogen and oxygen atoms in total. The average molecular weight is 384 g/mol. The molecule has 0 saturated carbocycles. The monoisotopic (exact) mass is 383 g/mol. The van der Waals surface area contributed by atoms with E-state index < -0.39 is 11.8 Å². The summed E-state index contributed by atoms with van der Waals surface area (Å²) in [6.07, 6.45) is 3.17. The largest absolute Gasteiger partial charge is 0.491 e. The van der Waals surface area contributed by atoms with E-state index in [1.807, 2.05) is 6.92 Å². The first-order valence-electron chi connectivity index (χ1n) is 8.28. The molecule has 1 aliphatic heterocycles. The van der Waals surface area contributed by atoms with Crippen molar-refractivity contribution in [1.29, 1.82) is 0 Å². The number of benzene rings is 1. The van der Waals surface area contributed by atoms with Gasteiger partial charge >= 0.3 is 11.8 Å². The van der Waals surface area contributed by atoms with Crippen molar-refractivity contribution in [3.8, 4) is 11.5 Å². The predicted octanol–water partition coefficient (Wildman–Crippen LogP) is 1.49.